The van der Waals surface area contributed by atoms with Crippen LogP contribution in [0.3, 0.4) is 0 Å². The molecular formula is C15H19ClO4S. The maximum absolute atomic E-state index is 11.6. The lowest BCUT2D eigenvalue weighted by atomic mass is 9.83. The molecule has 116 valence electrons. The number of halogens is 1. The highest BCUT2D eigenvalue weighted by Gasteiger charge is 2.17. The van der Waals surface area contributed by atoms with Crippen LogP contribution in [0, 0.1) is 5.92 Å². The summed E-state index contributed by atoms with van der Waals surface area (Å²) in [6.45, 7) is 0.507. The summed E-state index contributed by atoms with van der Waals surface area (Å²) in [5.41, 5.74) is 0.884. The first-order valence-electron chi connectivity index (χ1n) is 7.14. The number of hydrogen-bond acceptors (Lipinski definition) is 4. The van der Waals surface area contributed by atoms with E-state index in [0.717, 1.165) is 17.9 Å². The summed E-state index contributed by atoms with van der Waals surface area (Å²) < 4.78 is 27.4. The lowest BCUT2D eigenvalue weighted by molar-refractivity contribution is -0.144. The fourth-order valence-electron chi connectivity index (χ4n) is 2.26. The Morgan fingerprint density at radius 2 is 1.90 bits per heavy atom. The zero-order valence-electron chi connectivity index (χ0n) is 11.8. The van der Waals surface area contributed by atoms with E-state index in [1.54, 1.807) is 12.1 Å². The number of hydrogen-bond donors (Lipinski definition) is 0. The second-order valence-electron chi connectivity index (χ2n) is 5.39. The minimum atomic E-state index is -3.69. The van der Waals surface area contributed by atoms with E-state index in [1.165, 1.54) is 31.4 Å². The Balaban J connectivity index is 1.70. The van der Waals surface area contributed by atoms with Crippen molar-refractivity contribution in [2.45, 2.75) is 43.4 Å². The van der Waals surface area contributed by atoms with Gasteiger partial charge >= 0.3 is 5.97 Å². The van der Waals surface area contributed by atoms with Gasteiger partial charge in [-0.2, -0.15) is 0 Å². The normalized spacial score (nSPS) is 15.5. The van der Waals surface area contributed by atoms with E-state index in [1.807, 2.05) is 0 Å². The van der Waals surface area contributed by atoms with Crippen molar-refractivity contribution in [1.29, 1.82) is 0 Å². The van der Waals surface area contributed by atoms with Crippen molar-refractivity contribution < 1.29 is 17.9 Å². The maximum Gasteiger partial charge on any atom is 0.306 e. The third kappa shape index (κ3) is 5.32. The van der Waals surface area contributed by atoms with Crippen LogP contribution in [-0.2, 0) is 25.0 Å². The first-order chi connectivity index (χ1) is 9.95. The summed E-state index contributed by atoms with van der Waals surface area (Å²) in [7, 11) is 1.55. The monoisotopic (exact) mass is 330 g/mol. The SMILES string of the molecule is O=C(CCc1ccc(S(=O)(=O)Cl)cc1)OCCC1CCC1. The summed E-state index contributed by atoms with van der Waals surface area (Å²) in [5.74, 6) is 0.534. The van der Waals surface area contributed by atoms with Crippen molar-refractivity contribution in [3.05, 3.63) is 29.8 Å². The standard InChI is InChI=1S/C15H19ClO4S/c16-21(18,19)14-7-4-13(5-8-14)6-9-15(17)20-11-10-12-2-1-3-12/h4-5,7-8,12H,1-3,6,9-11H2. The molecule has 0 saturated heterocycles. The van der Waals surface area contributed by atoms with Gasteiger partial charge in [0.15, 0.2) is 0 Å². The van der Waals surface area contributed by atoms with Crippen LogP contribution in [-0.4, -0.2) is 21.0 Å². The zero-order valence-corrected chi connectivity index (χ0v) is 13.3. The van der Waals surface area contributed by atoms with Gasteiger partial charge < -0.3 is 4.74 Å². The highest BCUT2D eigenvalue weighted by molar-refractivity contribution is 8.13. The van der Waals surface area contributed by atoms with Crippen LogP contribution in [0.5, 0.6) is 0 Å². The van der Waals surface area contributed by atoms with Crippen LogP contribution in [0.4, 0.5) is 0 Å². The summed E-state index contributed by atoms with van der Waals surface area (Å²) in [6.07, 6.45) is 5.61. The van der Waals surface area contributed by atoms with Crippen LogP contribution >= 0.6 is 10.7 Å². The van der Waals surface area contributed by atoms with Crippen LogP contribution in [0.2, 0.25) is 0 Å². The molecule has 4 nitrogen and oxygen atoms in total. The molecule has 0 heterocycles. The molecule has 2 rings (SSSR count). The van der Waals surface area contributed by atoms with Crippen molar-refractivity contribution in [3.8, 4) is 0 Å². The first kappa shape index (κ1) is 16.3. The van der Waals surface area contributed by atoms with Crippen LogP contribution in [0.15, 0.2) is 29.2 Å². The average molecular weight is 331 g/mol. The fourth-order valence-corrected chi connectivity index (χ4v) is 3.03. The van der Waals surface area contributed by atoms with Gasteiger partial charge in [0.2, 0.25) is 0 Å². The van der Waals surface area contributed by atoms with Gasteiger partial charge in [-0.3, -0.25) is 4.79 Å². The Morgan fingerprint density at radius 3 is 2.43 bits per heavy atom. The van der Waals surface area contributed by atoms with Crippen molar-refractivity contribution in [2.24, 2.45) is 5.92 Å². The number of carbonyl (C=O) groups is 1. The van der Waals surface area contributed by atoms with Gasteiger partial charge in [-0.25, -0.2) is 8.42 Å². The molecule has 0 spiro atoms. The zero-order chi connectivity index (χ0) is 15.3. The van der Waals surface area contributed by atoms with Crippen molar-refractivity contribution in [3.63, 3.8) is 0 Å². The van der Waals surface area contributed by atoms with E-state index in [2.05, 4.69) is 0 Å². The molecule has 1 fully saturated rings. The highest BCUT2D eigenvalue weighted by atomic mass is 35.7. The predicted octanol–water partition coefficient (Wildman–Crippen LogP) is 3.28. The second-order valence-corrected chi connectivity index (χ2v) is 7.95. The van der Waals surface area contributed by atoms with Crippen molar-refractivity contribution in [1.82, 2.24) is 0 Å². The summed E-state index contributed by atoms with van der Waals surface area (Å²) in [4.78, 5) is 11.7. The van der Waals surface area contributed by atoms with E-state index in [-0.39, 0.29) is 10.9 Å². The molecule has 1 aliphatic rings. The number of benzene rings is 1. The van der Waals surface area contributed by atoms with E-state index in [0.29, 0.717) is 19.4 Å². The Labute approximate surface area is 129 Å². The molecule has 0 bridgehead atoms. The maximum atomic E-state index is 11.6. The van der Waals surface area contributed by atoms with Gasteiger partial charge in [-0.15, -0.1) is 0 Å². The predicted molar refractivity (Wildman–Crippen MR) is 80.7 cm³/mol. The van der Waals surface area contributed by atoms with Gasteiger partial charge in [0, 0.05) is 17.1 Å². The van der Waals surface area contributed by atoms with E-state index in [4.69, 9.17) is 15.4 Å². The minimum Gasteiger partial charge on any atom is -0.466 e. The molecule has 0 aromatic heterocycles. The summed E-state index contributed by atoms with van der Waals surface area (Å²) >= 11 is 0. The molecule has 0 unspecified atom stereocenters. The lowest BCUT2D eigenvalue weighted by Gasteiger charge is -2.24. The molecule has 1 aliphatic carbocycles. The van der Waals surface area contributed by atoms with Crippen LogP contribution < -0.4 is 0 Å². The second kappa shape index (κ2) is 7.27. The first-order valence-corrected chi connectivity index (χ1v) is 9.45. The molecule has 1 aromatic carbocycles. The number of aryl methyl sites for hydroxylation is 1. The van der Waals surface area contributed by atoms with Gasteiger partial charge in [0.25, 0.3) is 9.05 Å². The highest BCUT2D eigenvalue weighted by Crippen LogP contribution is 2.29. The Kier molecular flexibility index (Phi) is 5.65. The summed E-state index contributed by atoms with van der Waals surface area (Å²) in [6, 6.07) is 6.22. The van der Waals surface area contributed by atoms with Gasteiger partial charge in [-0.05, 0) is 36.5 Å². The number of ether oxygens (including phenoxy) is 1. The van der Waals surface area contributed by atoms with Gasteiger partial charge in [0.05, 0.1) is 11.5 Å². The molecule has 0 N–H and O–H groups in total. The smallest absolute Gasteiger partial charge is 0.306 e. The van der Waals surface area contributed by atoms with E-state index >= 15 is 0 Å². The van der Waals surface area contributed by atoms with E-state index < -0.39 is 9.05 Å². The van der Waals surface area contributed by atoms with Crippen LogP contribution in [0.25, 0.3) is 0 Å². The molecule has 0 aliphatic heterocycles. The molecule has 1 aromatic rings. The topological polar surface area (TPSA) is 60.4 Å². The molecule has 0 radical (unpaired) electrons. The fraction of sp³-hybridized carbons (Fsp3) is 0.533. The van der Waals surface area contributed by atoms with E-state index in [9.17, 15) is 13.2 Å². The number of esters is 1. The molecule has 0 atom stereocenters. The molecule has 0 amide bonds. The molecule has 21 heavy (non-hydrogen) atoms. The van der Waals surface area contributed by atoms with Gasteiger partial charge in [-0.1, -0.05) is 31.4 Å². The van der Waals surface area contributed by atoms with Crippen molar-refractivity contribution >= 4 is 25.7 Å². The Morgan fingerprint density at radius 1 is 1.24 bits per heavy atom. The average Bonchev–Trinajstić information content (AvgIpc) is 2.39. The minimum absolute atomic E-state index is 0.0657. The quantitative estimate of drug-likeness (QED) is 0.568. The van der Waals surface area contributed by atoms with Gasteiger partial charge in [0.1, 0.15) is 0 Å². The lowest BCUT2D eigenvalue weighted by Crippen LogP contribution is -2.15. The number of rotatable bonds is 7. The van der Waals surface area contributed by atoms with Crippen LogP contribution in [0.1, 0.15) is 37.7 Å². The molecule has 1 saturated carbocycles. The number of carbonyl (C=O) groups excluding carboxylic acids is 1. The Hall–Kier alpha value is -1.07. The Bertz CT molecular complexity index is 576. The van der Waals surface area contributed by atoms with Crippen molar-refractivity contribution in [2.75, 3.05) is 6.61 Å². The summed E-state index contributed by atoms with van der Waals surface area (Å²) in [5, 5.41) is 0. The molecule has 6 heteroatoms. The molecular weight excluding hydrogens is 312 g/mol. The third-order valence-electron chi connectivity index (χ3n) is 3.84. The third-order valence-corrected chi connectivity index (χ3v) is 5.21. The largest absolute Gasteiger partial charge is 0.466 e.